The molecule has 0 aromatic heterocycles. The number of ether oxygens (including phenoxy) is 2. The minimum atomic E-state index is -0.213. The van der Waals surface area contributed by atoms with Gasteiger partial charge in [-0.25, -0.2) is 0 Å². The molecule has 1 atom stereocenters. The van der Waals surface area contributed by atoms with Crippen molar-refractivity contribution in [1.82, 2.24) is 9.80 Å². The Kier molecular flexibility index (Phi) is 7.31. The predicted octanol–water partition coefficient (Wildman–Crippen LogP) is 2.34. The van der Waals surface area contributed by atoms with E-state index < -0.39 is 0 Å². The van der Waals surface area contributed by atoms with Crippen LogP contribution < -0.4 is 14.8 Å². The van der Waals surface area contributed by atoms with E-state index in [-0.39, 0.29) is 24.4 Å². The van der Waals surface area contributed by atoms with Gasteiger partial charge in [0.05, 0.1) is 37.5 Å². The summed E-state index contributed by atoms with van der Waals surface area (Å²) in [6.45, 7) is 2.49. The second-order valence-corrected chi connectivity index (χ2v) is 8.43. The molecule has 1 aromatic rings. The number of carbonyl (C=O) groups is 2. The lowest BCUT2D eigenvalue weighted by Crippen LogP contribution is -2.49. The van der Waals surface area contributed by atoms with E-state index in [1.54, 1.807) is 12.1 Å². The van der Waals surface area contributed by atoms with Crippen LogP contribution >= 0.6 is 23.4 Å². The van der Waals surface area contributed by atoms with Crippen molar-refractivity contribution in [1.29, 1.82) is 0 Å². The fourth-order valence-corrected chi connectivity index (χ4v) is 4.76. The molecular formula is C19H26ClN3O4S. The number of benzene rings is 1. The number of nitrogens with one attached hydrogen (secondary N) is 1. The molecule has 28 heavy (non-hydrogen) atoms. The number of likely N-dealkylation sites (tertiary alicyclic amines) is 1. The van der Waals surface area contributed by atoms with Gasteiger partial charge >= 0.3 is 0 Å². The quantitative estimate of drug-likeness (QED) is 0.751. The molecule has 1 aromatic carbocycles. The summed E-state index contributed by atoms with van der Waals surface area (Å²) in [5.74, 6) is 2.83. The Morgan fingerprint density at radius 3 is 2.57 bits per heavy atom. The molecule has 1 unspecified atom stereocenters. The van der Waals surface area contributed by atoms with Crippen molar-refractivity contribution in [3.63, 3.8) is 0 Å². The van der Waals surface area contributed by atoms with Gasteiger partial charge in [-0.1, -0.05) is 11.6 Å². The second-order valence-electron chi connectivity index (χ2n) is 6.80. The standard InChI is InChI=1S/C19H26ClN3O4S/c1-26-16-11-14(17(27-2)10-13(16)20)21-18(24)12-23-5-3-4-15(23)19(25)22-6-8-28-9-7-22/h10-11,15H,3-9,12H2,1-2H3,(H,21,24). The normalized spacial score (nSPS) is 20.1. The Morgan fingerprint density at radius 1 is 1.18 bits per heavy atom. The van der Waals surface area contributed by atoms with Crippen LogP contribution in [0.15, 0.2) is 12.1 Å². The molecule has 2 heterocycles. The van der Waals surface area contributed by atoms with Crippen molar-refractivity contribution in [2.75, 3.05) is 57.2 Å². The van der Waals surface area contributed by atoms with Crippen LogP contribution in [0.2, 0.25) is 5.02 Å². The Bertz CT molecular complexity index is 727. The van der Waals surface area contributed by atoms with Gasteiger partial charge in [0.2, 0.25) is 11.8 Å². The summed E-state index contributed by atoms with van der Waals surface area (Å²) in [6.07, 6.45) is 1.72. The van der Waals surface area contributed by atoms with Gasteiger partial charge in [0.15, 0.2) is 0 Å². The van der Waals surface area contributed by atoms with E-state index in [1.165, 1.54) is 14.2 Å². The van der Waals surface area contributed by atoms with Gasteiger partial charge in [0.1, 0.15) is 11.5 Å². The summed E-state index contributed by atoms with van der Waals surface area (Å²) >= 11 is 7.99. The minimum Gasteiger partial charge on any atom is -0.495 e. The van der Waals surface area contributed by atoms with Gasteiger partial charge in [0, 0.05) is 36.7 Å². The highest BCUT2D eigenvalue weighted by Gasteiger charge is 2.35. The van der Waals surface area contributed by atoms with Gasteiger partial charge < -0.3 is 19.7 Å². The maximum Gasteiger partial charge on any atom is 0.239 e. The summed E-state index contributed by atoms with van der Waals surface area (Å²) in [6, 6.07) is 3.03. The molecule has 2 saturated heterocycles. The van der Waals surface area contributed by atoms with Crippen molar-refractivity contribution in [2.45, 2.75) is 18.9 Å². The maximum absolute atomic E-state index is 12.9. The first kappa shape index (κ1) is 21.1. The van der Waals surface area contributed by atoms with Gasteiger partial charge in [-0.2, -0.15) is 11.8 Å². The van der Waals surface area contributed by atoms with E-state index in [2.05, 4.69) is 5.32 Å². The third-order valence-electron chi connectivity index (χ3n) is 5.07. The van der Waals surface area contributed by atoms with Crippen LogP contribution in [0, 0.1) is 0 Å². The van der Waals surface area contributed by atoms with Crippen molar-refractivity contribution < 1.29 is 19.1 Å². The van der Waals surface area contributed by atoms with E-state index in [0.29, 0.717) is 22.2 Å². The van der Waals surface area contributed by atoms with E-state index in [0.717, 1.165) is 44.0 Å². The van der Waals surface area contributed by atoms with Crippen LogP contribution in [-0.4, -0.2) is 79.6 Å². The lowest BCUT2D eigenvalue weighted by molar-refractivity contribution is -0.136. The molecule has 2 fully saturated rings. The Hall–Kier alpha value is -1.64. The van der Waals surface area contributed by atoms with Crippen LogP contribution in [0.3, 0.4) is 0 Å². The van der Waals surface area contributed by atoms with Crippen LogP contribution in [-0.2, 0) is 9.59 Å². The predicted molar refractivity (Wildman–Crippen MR) is 112 cm³/mol. The van der Waals surface area contributed by atoms with Gasteiger partial charge in [-0.05, 0) is 19.4 Å². The molecule has 9 heteroatoms. The number of hydrogen-bond donors (Lipinski definition) is 1. The zero-order valence-electron chi connectivity index (χ0n) is 16.2. The summed E-state index contributed by atoms with van der Waals surface area (Å²) < 4.78 is 10.5. The summed E-state index contributed by atoms with van der Waals surface area (Å²) in [7, 11) is 3.03. The second kappa shape index (κ2) is 9.71. The number of nitrogens with zero attached hydrogens (tertiary/aromatic N) is 2. The number of amides is 2. The number of anilines is 1. The number of rotatable bonds is 6. The van der Waals surface area contributed by atoms with Crippen LogP contribution in [0.25, 0.3) is 0 Å². The Morgan fingerprint density at radius 2 is 1.89 bits per heavy atom. The van der Waals surface area contributed by atoms with Crippen molar-refractivity contribution >= 4 is 40.9 Å². The molecule has 2 aliphatic rings. The van der Waals surface area contributed by atoms with Gasteiger partial charge in [0.25, 0.3) is 0 Å². The lowest BCUT2D eigenvalue weighted by atomic mass is 10.2. The highest BCUT2D eigenvalue weighted by molar-refractivity contribution is 7.99. The van der Waals surface area contributed by atoms with E-state index in [1.807, 2.05) is 21.6 Å². The molecule has 3 rings (SSSR count). The summed E-state index contributed by atoms with van der Waals surface area (Å²) in [5, 5.41) is 3.26. The zero-order valence-corrected chi connectivity index (χ0v) is 17.8. The molecule has 2 amide bonds. The van der Waals surface area contributed by atoms with Crippen molar-refractivity contribution in [3.8, 4) is 11.5 Å². The Labute approximate surface area is 174 Å². The molecule has 0 spiro atoms. The number of carbonyl (C=O) groups excluding carboxylic acids is 2. The molecular weight excluding hydrogens is 402 g/mol. The van der Waals surface area contributed by atoms with E-state index in [9.17, 15) is 9.59 Å². The fraction of sp³-hybridized carbons (Fsp3) is 0.579. The SMILES string of the molecule is COc1cc(NC(=O)CN2CCCC2C(=O)N2CCSCC2)c(OC)cc1Cl. The average molecular weight is 428 g/mol. The average Bonchev–Trinajstić information content (AvgIpc) is 3.16. The first-order valence-electron chi connectivity index (χ1n) is 9.35. The number of halogens is 1. The molecule has 1 N–H and O–H groups in total. The number of methoxy groups -OCH3 is 2. The smallest absolute Gasteiger partial charge is 0.239 e. The molecule has 0 radical (unpaired) electrons. The summed E-state index contributed by atoms with van der Waals surface area (Å²) in [5.41, 5.74) is 0.490. The largest absolute Gasteiger partial charge is 0.495 e. The Balaban J connectivity index is 1.64. The molecule has 0 bridgehead atoms. The summed E-state index contributed by atoms with van der Waals surface area (Å²) in [4.78, 5) is 29.4. The topological polar surface area (TPSA) is 71.1 Å². The molecule has 7 nitrogen and oxygen atoms in total. The first-order valence-corrected chi connectivity index (χ1v) is 10.9. The minimum absolute atomic E-state index is 0.149. The van der Waals surface area contributed by atoms with E-state index in [4.69, 9.17) is 21.1 Å². The van der Waals surface area contributed by atoms with Crippen molar-refractivity contribution in [2.24, 2.45) is 0 Å². The fourth-order valence-electron chi connectivity index (χ4n) is 3.62. The number of hydrogen-bond acceptors (Lipinski definition) is 6. The molecule has 0 aliphatic carbocycles. The van der Waals surface area contributed by atoms with Crippen molar-refractivity contribution in [3.05, 3.63) is 17.2 Å². The number of thioether (sulfide) groups is 1. The third-order valence-corrected chi connectivity index (χ3v) is 6.30. The third kappa shape index (κ3) is 4.85. The first-order chi connectivity index (χ1) is 13.5. The lowest BCUT2D eigenvalue weighted by Gasteiger charge is -2.32. The van der Waals surface area contributed by atoms with Gasteiger partial charge in [-0.15, -0.1) is 0 Å². The zero-order chi connectivity index (χ0) is 20.1. The maximum atomic E-state index is 12.9. The highest BCUT2D eigenvalue weighted by atomic mass is 35.5. The van der Waals surface area contributed by atoms with E-state index >= 15 is 0 Å². The molecule has 154 valence electrons. The van der Waals surface area contributed by atoms with Gasteiger partial charge in [-0.3, -0.25) is 14.5 Å². The van der Waals surface area contributed by atoms with Crippen LogP contribution in [0.1, 0.15) is 12.8 Å². The van der Waals surface area contributed by atoms with Crippen LogP contribution in [0.5, 0.6) is 11.5 Å². The van der Waals surface area contributed by atoms with Crippen LogP contribution in [0.4, 0.5) is 5.69 Å². The molecule has 0 saturated carbocycles. The monoisotopic (exact) mass is 427 g/mol. The highest BCUT2D eigenvalue weighted by Crippen LogP contribution is 2.36. The molecule has 2 aliphatic heterocycles.